The fourth-order valence-electron chi connectivity index (χ4n) is 2.63. The lowest BCUT2D eigenvalue weighted by Gasteiger charge is -2.22. The van der Waals surface area contributed by atoms with Crippen LogP contribution < -0.4 is 10.6 Å². The molecule has 0 amide bonds. The molecule has 3 rings (SSSR count). The molecule has 1 saturated carbocycles. The minimum Gasteiger partial charge on any atom is -0.315 e. The Morgan fingerprint density at radius 3 is 2.75 bits per heavy atom. The molecule has 2 aliphatic rings. The van der Waals surface area contributed by atoms with Gasteiger partial charge in [-0.25, -0.2) is 4.39 Å². The standard InChI is InChI=1S/C13H17FN2/c14-12-4-2-1-3-11(12)13(6-7-13)16-10-5-8-15-9-10/h1-4,10,15-16H,5-9H2. The highest BCUT2D eigenvalue weighted by atomic mass is 19.1. The zero-order valence-electron chi connectivity index (χ0n) is 9.30. The fourth-order valence-corrected chi connectivity index (χ4v) is 2.63. The van der Waals surface area contributed by atoms with E-state index >= 15 is 0 Å². The smallest absolute Gasteiger partial charge is 0.128 e. The molecule has 0 radical (unpaired) electrons. The molecule has 2 fully saturated rings. The molecule has 0 spiro atoms. The Hall–Kier alpha value is -0.930. The van der Waals surface area contributed by atoms with E-state index in [4.69, 9.17) is 0 Å². The molecular formula is C13H17FN2. The topological polar surface area (TPSA) is 24.1 Å². The van der Waals surface area contributed by atoms with Gasteiger partial charge in [-0.05, 0) is 31.9 Å². The normalized spacial score (nSPS) is 26.9. The first kappa shape index (κ1) is 10.2. The average Bonchev–Trinajstić information content (AvgIpc) is 2.87. The quantitative estimate of drug-likeness (QED) is 0.811. The Labute approximate surface area is 95.2 Å². The maximum atomic E-state index is 13.7. The van der Waals surface area contributed by atoms with E-state index < -0.39 is 0 Å². The van der Waals surface area contributed by atoms with E-state index in [0.717, 1.165) is 37.9 Å². The van der Waals surface area contributed by atoms with E-state index in [1.165, 1.54) is 0 Å². The van der Waals surface area contributed by atoms with Gasteiger partial charge in [-0.3, -0.25) is 0 Å². The largest absolute Gasteiger partial charge is 0.315 e. The third kappa shape index (κ3) is 1.74. The van der Waals surface area contributed by atoms with Crippen molar-refractivity contribution in [3.8, 4) is 0 Å². The molecule has 86 valence electrons. The molecule has 1 aromatic rings. The summed E-state index contributed by atoms with van der Waals surface area (Å²) in [6.45, 7) is 2.08. The number of hydrogen-bond donors (Lipinski definition) is 2. The maximum Gasteiger partial charge on any atom is 0.128 e. The van der Waals surface area contributed by atoms with Gasteiger partial charge in [0.15, 0.2) is 0 Å². The number of nitrogens with one attached hydrogen (secondary N) is 2. The van der Waals surface area contributed by atoms with E-state index in [1.54, 1.807) is 12.1 Å². The van der Waals surface area contributed by atoms with Crippen LogP contribution in [-0.4, -0.2) is 19.1 Å². The summed E-state index contributed by atoms with van der Waals surface area (Å²) in [6, 6.07) is 7.66. The van der Waals surface area contributed by atoms with Gasteiger partial charge in [-0.2, -0.15) is 0 Å². The number of benzene rings is 1. The maximum absolute atomic E-state index is 13.7. The molecule has 1 heterocycles. The van der Waals surface area contributed by atoms with Gasteiger partial charge in [0.25, 0.3) is 0 Å². The molecule has 2 N–H and O–H groups in total. The lowest BCUT2D eigenvalue weighted by molar-refractivity contribution is 0.423. The van der Waals surface area contributed by atoms with E-state index in [0.29, 0.717) is 6.04 Å². The van der Waals surface area contributed by atoms with Crippen LogP contribution in [0.15, 0.2) is 24.3 Å². The van der Waals surface area contributed by atoms with Gasteiger partial charge in [-0.15, -0.1) is 0 Å². The summed E-state index contributed by atoms with van der Waals surface area (Å²) in [7, 11) is 0. The van der Waals surface area contributed by atoms with E-state index in [9.17, 15) is 4.39 Å². The molecule has 1 saturated heterocycles. The summed E-state index contributed by atoms with van der Waals surface area (Å²) in [5.74, 6) is -0.0709. The van der Waals surface area contributed by atoms with Crippen molar-refractivity contribution in [2.75, 3.05) is 13.1 Å². The minimum absolute atomic E-state index is 0.0674. The molecule has 1 aromatic carbocycles. The van der Waals surface area contributed by atoms with Gasteiger partial charge >= 0.3 is 0 Å². The Morgan fingerprint density at radius 2 is 2.12 bits per heavy atom. The van der Waals surface area contributed by atoms with Crippen LogP contribution in [0.5, 0.6) is 0 Å². The average molecular weight is 220 g/mol. The molecular weight excluding hydrogens is 203 g/mol. The summed E-state index contributed by atoms with van der Waals surface area (Å²) < 4.78 is 13.7. The number of rotatable bonds is 3. The van der Waals surface area contributed by atoms with Crippen molar-refractivity contribution in [1.82, 2.24) is 10.6 Å². The highest BCUT2D eigenvalue weighted by Crippen LogP contribution is 2.46. The highest BCUT2D eigenvalue weighted by molar-refractivity contribution is 5.31. The van der Waals surface area contributed by atoms with E-state index in [1.807, 2.05) is 12.1 Å². The van der Waals surface area contributed by atoms with Gasteiger partial charge in [0.2, 0.25) is 0 Å². The first-order valence-corrected chi connectivity index (χ1v) is 6.04. The third-order valence-electron chi connectivity index (χ3n) is 3.68. The van der Waals surface area contributed by atoms with Crippen LogP contribution in [0, 0.1) is 5.82 Å². The Kier molecular flexibility index (Phi) is 2.45. The van der Waals surface area contributed by atoms with Gasteiger partial charge in [-0.1, -0.05) is 18.2 Å². The third-order valence-corrected chi connectivity index (χ3v) is 3.68. The lowest BCUT2D eigenvalue weighted by atomic mass is 10.0. The molecule has 1 unspecified atom stereocenters. The first-order chi connectivity index (χ1) is 7.80. The van der Waals surface area contributed by atoms with Gasteiger partial charge in [0, 0.05) is 23.7 Å². The molecule has 3 heteroatoms. The molecule has 1 atom stereocenters. The van der Waals surface area contributed by atoms with Crippen LogP contribution in [0.1, 0.15) is 24.8 Å². The van der Waals surface area contributed by atoms with Crippen molar-refractivity contribution in [3.63, 3.8) is 0 Å². The second-order valence-corrected chi connectivity index (χ2v) is 4.90. The number of halogens is 1. The van der Waals surface area contributed by atoms with Crippen molar-refractivity contribution in [1.29, 1.82) is 0 Å². The second-order valence-electron chi connectivity index (χ2n) is 4.90. The predicted octanol–water partition coefficient (Wildman–Crippen LogP) is 1.77. The highest BCUT2D eigenvalue weighted by Gasteiger charge is 2.47. The summed E-state index contributed by atoms with van der Waals surface area (Å²) in [5, 5.41) is 6.95. The molecule has 16 heavy (non-hydrogen) atoms. The first-order valence-electron chi connectivity index (χ1n) is 6.04. The van der Waals surface area contributed by atoms with Crippen LogP contribution in [0.3, 0.4) is 0 Å². The summed E-state index contributed by atoms with van der Waals surface area (Å²) in [5.41, 5.74) is 0.782. The minimum atomic E-state index is -0.0709. The Morgan fingerprint density at radius 1 is 1.31 bits per heavy atom. The molecule has 0 bridgehead atoms. The fraction of sp³-hybridized carbons (Fsp3) is 0.538. The predicted molar refractivity (Wildman–Crippen MR) is 61.7 cm³/mol. The Balaban J connectivity index is 1.80. The molecule has 1 aliphatic carbocycles. The number of hydrogen-bond acceptors (Lipinski definition) is 2. The SMILES string of the molecule is Fc1ccccc1C1(NC2CCNC2)CC1. The lowest BCUT2D eigenvalue weighted by Crippen LogP contribution is -2.40. The monoisotopic (exact) mass is 220 g/mol. The van der Waals surface area contributed by atoms with Crippen LogP contribution in [0.4, 0.5) is 4.39 Å². The second kappa shape index (κ2) is 3.82. The van der Waals surface area contributed by atoms with Crippen LogP contribution >= 0.6 is 0 Å². The Bertz CT molecular complexity index is 381. The van der Waals surface area contributed by atoms with Crippen molar-refractivity contribution in [2.45, 2.75) is 30.8 Å². The molecule has 2 nitrogen and oxygen atoms in total. The van der Waals surface area contributed by atoms with Gasteiger partial charge in [0.1, 0.15) is 5.82 Å². The molecule has 0 aromatic heterocycles. The van der Waals surface area contributed by atoms with Crippen molar-refractivity contribution >= 4 is 0 Å². The van der Waals surface area contributed by atoms with Crippen molar-refractivity contribution in [2.24, 2.45) is 0 Å². The van der Waals surface area contributed by atoms with Gasteiger partial charge < -0.3 is 10.6 Å². The van der Waals surface area contributed by atoms with Crippen LogP contribution in [0.25, 0.3) is 0 Å². The zero-order chi connectivity index (χ0) is 11.0. The summed E-state index contributed by atoms with van der Waals surface area (Å²) >= 11 is 0. The van der Waals surface area contributed by atoms with Crippen molar-refractivity contribution < 1.29 is 4.39 Å². The van der Waals surface area contributed by atoms with Crippen LogP contribution in [0.2, 0.25) is 0 Å². The van der Waals surface area contributed by atoms with Gasteiger partial charge in [0.05, 0.1) is 0 Å². The van der Waals surface area contributed by atoms with E-state index in [2.05, 4.69) is 10.6 Å². The summed E-state index contributed by atoms with van der Waals surface area (Å²) in [4.78, 5) is 0. The molecule has 1 aliphatic heterocycles. The zero-order valence-corrected chi connectivity index (χ0v) is 9.30. The summed E-state index contributed by atoms with van der Waals surface area (Å²) in [6.07, 6.45) is 3.27. The van der Waals surface area contributed by atoms with Crippen molar-refractivity contribution in [3.05, 3.63) is 35.6 Å². The van der Waals surface area contributed by atoms with Crippen LogP contribution in [-0.2, 0) is 5.54 Å². The van der Waals surface area contributed by atoms with E-state index in [-0.39, 0.29) is 11.4 Å².